The van der Waals surface area contributed by atoms with Crippen molar-refractivity contribution in [3.63, 3.8) is 0 Å². The monoisotopic (exact) mass is 436 g/mol. The van der Waals surface area contributed by atoms with Crippen LogP contribution in [0.4, 0.5) is 10.5 Å². The van der Waals surface area contributed by atoms with Gasteiger partial charge in [-0.3, -0.25) is 15.0 Å². The molecule has 0 aromatic carbocycles. The van der Waals surface area contributed by atoms with Gasteiger partial charge in [-0.25, -0.2) is 9.78 Å². The highest BCUT2D eigenvalue weighted by Gasteiger charge is 2.32. The standard InChI is InChI=1S/C24H32N6O2/c31-22-5-8-30(24(32)27-22)19-9-20-21(18-1-2-18)15-29(23(20)26-10-19)14-17-12-28(13-17)11-16-3-6-25-7-4-16/h9-10,15-18,25H,1-8,11-14H2,(H,27,31,32). The fraction of sp³-hybridized carbons (Fsp3) is 0.625. The number of rotatable bonds is 6. The summed E-state index contributed by atoms with van der Waals surface area (Å²) in [7, 11) is 0. The lowest BCUT2D eigenvalue weighted by molar-refractivity contribution is -0.120. The number of anilines is 1. The van der Waals surface area contributed by atoms with Crippen LogP contribution in [0.15, 0.2) is 18.5 Å². The van der Waals surface area contributed by atoms with Crippen LogP contribution in [0.5, 0.6) is 0 Å². The first-order chi connectivity index (χ1) is 15.6. The summed E-state index contributed by atoms with van der Waals surface area (Å²) in [6.07, 6.45) is 9.51. The summed E-state index contributed by atoms with van der Waals surface area (Å²) in [5.41, 5.74) is 3.17. The maximum atomic E-state index is 12.3. The zero-order valence-electron chi connectivity index (χ0n) is 18.6. The van der Waals surface area contributed by atoms with Crippen molar-refractivity contribution in [3.05, 3.63) is 24.0 Å². The summed E-state index contributed by atoms with van der Waals surface area (Å²) in [6.45, 7) is 7.38. The van der Waals surface area contributed by atoms with Gasteiger partial charge in [0, 0.05) is 56.6 Å². The Balaban J connectivity index is 1.17. The zero-order chi connectivity index (χ0) is 21.7. The van der Waals surface area contributed by atoms with Gasteiger partial charge in [0.05, 0.1) is 11.9 Å². The Bertz CT molecular complexity index is 1030. The van der Waals surface area contributed by atoms with Gasteiger partial charge in [0.25, 0.3) is 0 Å². The Morgan fingerprint density at radius 3 is 2.59 bits per heavy atom. The number of fused-ring (bicyclic) bond motifs is 1. The van der Waals surface area contributed by atoms with Crippen LogP contribution in [0.2, 0.25) is 0 Å². The Labute approximate surface area is 188 Å². The van der Waals surface area contributed by atoms with Gasteiger partial charge in [-0.1, -0.05) is 0 Å². The Morgan fingerprint density at radius 1 is 1.03 bits per heavy atom. The van der Waals surface area contributed by atoms with Gasteiger partial charge in [0.2, 0.25) is 5.91 Å². The van der Waals surface area contributed by atoms with Crippen molar-refractivity contribution in [2.45, 2.75) is 44.6 Å². The van der Waals surface area contributed by atoms with E-state index < -0.39 is 0 Å². The van der Waals surface area contributed by atoms with Gasteiger partial charge in [-0.15, -0.1) is 0 Å². The third kappa shape index (κ3) is 3.90. The topological polar surface area (TPSA) is 82.5 Å². The largest absolute Gasteiger partial charge is 0.332 e. The minimum Gasteiger partial charge on any atom is -0.332 e. The third-order valence-corrected chi connectivity index (χ3v) is 7.58. The maximum Gasteiger partial charge on any atom is 0.328 e. The fourth-order valence-corrected chi connectivity index (χ4v) is 5.65. The lowest BCUT2D eigenvalue weighted by Crippen LogP contribution is -2.51. The third-order valence-electron chi connectivity index (χ3n) is 7.58. The molecule has 1 aliphatic carbocycles. The van der Waals surface area contributed by atoms with Crippen molar-refractivity contribution in [2.75, 3.05) is 44.2 Å². The highest BCUT2D eigenvalue weighted by atomic mass is 16.2. The molecule has 4 aliphatic rings. The zero-order valence-corrected chi connectivity index (χ0v) is 18.6. The first kappa shape index (κ1) is 20.2. The van der Waals surface area contributed by atoms with E-state index in [0.29, 0.717) is 24.8 Å². The molecule has 8 heteroatoms. The van der Waals surface area contributed by atoms with E-state index >= 15 is 0 Å². The summed E-state index contributed by atoms with van der Waals surface area (Å²) in [6, 6.07) is 1.75. The van der Waals surface area contributed by atoms with Crippen molar-refractivity contribution < 1.29 is 9.59 Å². The molecule has 5 heterocycles. The number of pyridine rings is 1. The first-order valence-corrected chi connectivity index (χ1v) is 12.2. The minimum atomic E-state index is -0.349. The van der Waals surface area contributed by atoms with Crippen LogP contribution in [0.1, 0.15) is 43.6 Å². The number of likely N-dealkylation sites (tertiary alicyclic amines) is 1. The van der Waals surface area contributed by atoms with E-state index in [1.54, 1.807) is 11.1 Å². The molecule has 2 aromatic rings. The molecule has 4 fully saturated rings. The number of piperidine rings is 1. The second-order valence-corrected chi connectivity index (χ2v) is 10.1. The molecule has 1 saturated carbocycles. The summed E-state index contributed by atoms with van der Waals surface area (Å²) >= 11 is 0. The van der Waals surface area contributed by atoms with E-state index in [4.69, 9.17) is 4.98 Å². The van der Waals surface area contributed by atoms with Crippen LogP contribution >= 0.6 is 0 Å². The molecule has 3 saturated heterocycles. The van der Waals surface area contributed by atoms with Gasteiger partial charge >= 0.3 is 6.03 Å². The molecule has 0 radical (unpaired) electrons. The van der Waals surface area contributed by atoms with Crippen LogP contribution < -0.4 is 15.5 Å². The van der Waals surface area contributed by atoms with E-state index in [9.17, 15) is 9.59 Å². The second kappa shape index (κ2) is 8.15. The number of imide groups is 1. The van der Waals surface area contributed by atoms with Crippen LogP contribution in [-0.2, 0) is 11.3 Å². The van der Waals surface area contributed by atoms with Crippen molar-refractivity contribution >= 4 is 28.7 Å². The predicted octanol–water partition coefficient (Wildman–Crippen LogP) is 2.29. The Hall–Kier alpha value is -2.45. The van der Waals surface area contributed by atoms with Crippen molar-refractivity contribution in [2.24, 2.45) is 11.8 Å². The molecule has 32 heavy (non-hydrogen) atoms. The molecule has 3 amide bonds. The number of hydrogen-bond acceptors (Lipinski definition) is 5. The number of nitrogens with one attached hydrogen (secondary N) is 2. The number of carbonyl (C=O) groups is 2. The minimum absolute atomic E-state index is 0.209. The molecular formula is C24H32N6O2. The number of carbonyl (C=O) groups excluding carboxylic acids is 2. The van der Waals surface area contributed by atoms with Crippen molar-refractivity contribution in [3.8, 4) is 0 Å². The van der Waals surface area contributed by atoms with Gasteiger partial charge in [-0.05, 0) is 62.2 Å². The SMILES string of the molecule is O=C1CCN(c2cnc3c(c2)c(C2CC2)cn3CC2CN(CC3CCNCC3)C2)C(=O)N1. The molecule has 2 N–H and O–H groups in total. The predicted molar refractivity (Wildman–Crippen MR) is 123 cm³/mol. The quantitative estimate of drug-likeness (QED) is 0.726. The molecule has 0 bridgehead atoms. The average Bonchev–Trinajstić information content (AvgIpc) is 3.55. The van der Waals surface area contributed by atoms with Crippen LogP contribution in [0, 0.1) is 11.8 Å². The summed E-state index contributed by atoms with van der Waals surface area (Å²) in [4.78, 5) is 32.9. The van der Waals surface area contributed by atoms with Crippen molar-refractivity contribution in [1.29, 1.82) is 0 Å². The van der Waals surface area contributed by atoms with E-state index in [2.05, 4.69) is 32.4 Å². The molecule has 0 spiro atoms. The van der Waals surface area contributed by atoms with E-state index in [-0.39, 0.29) is 11.9 Å². The summed E-state index contributed by atoms with van der Waals surface area (Å²) in [5.74, 6) is 1.94. The van der Waals surface area contributed by atoms with Gasteiger partial charge in [0.1, 0.15) is 5.65 Å². The lowest BCUT2D eigenvalue weighted by Gasteiger charge is -2.42. The highest BCUT2D eigenvalue weighted by molar-refractivity contribution is 6.06. The Kier molecular flexibility index (Phi) is 5.14. The van der Waals surface area contributed by atoms with Gasteiger partial charge in [0.15, 0.2) is 0 Å². The highest BCUT2D eigenvalue weighted by Crippen LogP contribution is 2.44. The van der Waals surface area contributed by atoms with Crippen molar-refractivity contribution in [1.82, 2.24) is 25.1 Å². The van der Waals surface area contributed by atoms with E-state index in [1.807, 2.05) is 0 Å². The summed E-state index contributed by atoms with van der Waals surface area (Å²) in [5, 5.41) is 7.04. The number of amides is 3. The molecule has 6 rings (SSSR count). The number of hydrogen-bond donors (Lipinski definition) is 2. The van der Waals surface area contributed by atoms with Crippen LogP contribution in [0.25, 0.3) is 11.0 Å². The van der Waals surface area contributed by atoms with E-state index in [1.165, 1.54) is 69.4 Å². The Morgan fingerprint density at radius 2 is 1.84 bits per heavy atom. The first-order valence-electron chi connectivity index (χ1n) is 12.2. The smallest absolute Gasteiger partial charge is 0.328 e. The molecule has 3 aliphatic heterocycles. The second-order valence-electron chi connectivity index (χ2n) is 10.1. The number of nitrogens with zero attached hydrogens (tertiary/aromatic N) is 4. The van der Waals surface area contributed by atoms with Crippen LogP contribution in [-0.4, -0.2) is 65.7 Å². The van der Waals surface area contributed by atoms with Crippen LogP contribution in [0.3, 0.4) is 0 Å². The molecule has 8 nitrogen and oxygen atoms in total. The fourth-order valence-electron chi connectivity index (χ4n) is 5.65. The maximum absolute atomic E-state index is 12.3. The van der Waals surface area contributed by atoms with Gasteiger partial charge in [-0.2, -0.15) is 0 Å². The normalized spacial score (nSPS) is 23.6. The number of aromatic nitrogens is 2. The lowest BCUT2D eigenvalue weighted by atomic mass is 9.93. The average molecular weight is 437 g/mol. The molecule has 2 aromatic heterocycles. The molecule has 0 unspecified atom stereocenters. The molecule has 170 valence electrons. The molecule has 0 atom stereocenters. The van der Waals surface area contributed by atoms with E-state index in [0.717, 1.165) is 23.8 Å². The number of urea groups is 1. The molecular weight excluding hydrogens is 404 g/mol. The summed E-state index contributed by atoms with van der Waals surface area (Å²) < 4.78 is 2.35. The van der Waals surface area contributed by atoms with Gasteiger partial charge < -0.3 is 14.8 Å².